The zero-order chi connectivity index (χ0) is 23.0. The van der Waals surface area contributed by atoms with Crippen molar-refractivity contribution in [1.29, 1.82) is 0 Å². The average molecular weight is 465 g/mol. The molecular formula is C24H24N4O4S. The smallest absolute Gasteiger partial charge is 0.318 e. The lowest BCUT2D eigenvalue weighted by Gasteiger charge is -2.23. The van der Waals surface area contributed by atoms with E-state index in [0.29, 0.717) is 38.1 Å². The number of urea groups is 1. The van der Waals surface area contributed by atoms with Crippen LogP contribution < -0.4 is 10.1 Å². The van der Waals surface area contributed by atoms with Crippen molar-refractivity contribution >= 4 is 26.8 Å². The zero-order valence-corrected chi connectivity index (χ0v) is 19.0. The number of fused-ring (bicyclic) bond motifs is 1. The Morgan fingerprint density at radius 3 is 2.58 bits per heavy atom. The monoisotopic (exact) mass is 464 g/mol. The number of ether oxygens (including phenoxy) is 1. The molecule has 0 radical (unpaired) electrons. The third kappa shape index (κ3) is 4.05. The molecular weight excluding hydrogens is 440 g/mol. The maximum absolute atomic E-state index is 13.4. The Hall–Kier alpha value is -3.43. The number of pyridine rings is 1. The van der Waals surface area contributed by atoms with Gasteiger partial charge in [-0.25, -0.2) is 13.2 Å². The predicted molar refractivity (Wildman–Crippen MR) is 124 cm³/mol. The Bertz CT molecular complexity index is 1350. The van der Waals surface area contributed by atoms with Gasteiger partial charge in [0.2, 0.25) is 10.0 Å². The van der Waals surface area contributed by atoms with Gasteiger partial charge in [0.1, 0.15) is 5.75 Å². The summed E-state index contributed by atoms with van der Waals surface area (Å²) in [5.41, 5.74) is 2.94. The van der Waals surface area contributed by atoms with E-state index in [0.717, 1.165) is 27.8 Å². The number of amides is 2. The first-order valence-corrected chi connectivity index (χ1v) is 12.1. The first-order valence-electron chi connectivity index (χ1n) is 10.6. The standard InChI is InChI=1S/C24H24N4O4S/c1-32-21-6-2-4-17(10-21)11-26-24(29)27-13-19-15-28(16-20(19)14-27)33(30,31)23-7-3-5-18-12-25-9-8-22(18)23/h2-10,12H,11,13-16H2,1H3,(H,26,29). The second-order valence-electron chi connectivity index (χ2n) is 8.20. The van der Waals surface area contributed by atoms with Crippen molar-refractivity contribution in [1.82, 2.24) is 19.5 Å². The third-order valence-electron chi connectivity index (χ3n) is 6.12. The third-order valence-corrected chi connectivity index (χ3v) is 7.97. The number of carbonyl (C=O) groups excluding carboxylic acids is 1. The van der Waals surface area contributed by atoms with E-state index in [4.69, 9.17) is 4.74 Å². The second kappa shape index (κ2) is 8.49. The van der Waals surface area contributed by atoms with Crippen LogP contribution in [0.3, 0.4) is 0 Å². The van der Waals surface area contributed by atoms with Gasteiger partial charge in [-0.15, -0.1) is 0 Å². The molecule has 0 saturated carbocycles. The Morgan fingerprint density at radius 1 is 1.06 bits per heavy atom. The van der Waals surface area contributed by atoms with Gasteiger partial charge in [-0.3, -0.25) is 4.98 Å². The first-order chi connectivity index (χ1) is 16.0. The highest BCUT2D eigenvalue weighted by Gasteiger charge is 2.38. The summed E-state index contributed by atoms with van der Waals surface area (Å²) in [5, 5.41) is 4.39. The van der Waals surface area contributed by atoms with Crippen molar-refractivity contribution in [2.45, 2.75) is 11.4 Å². The lowest BCUT2D eigenvalue weighted by Crippen LogP contribution is -2.41. The number of rotatable bonds is 5. The minimum atomic E-state index is -3.66. The Labute approximate surface area is 192 Å². The fourth-order valence-electron chi connectivity index (χ4n) is 4.39. The summed E-state index contributed by atoms with van der Waals surface area (Å²) in [6.45, 7) is 1.88. The van der Waals surface area contributed by atoms with Crippen LogP contribution in [0.15, 0.2) is 77.0 Å². The molecule has 9 heteroatoms. The van der Waals surface area contributed by atoms with Gasteiger partial charge in [0.15, 0.2) is 0 Å². The van der Waals surface area contributed by atoms with E-state index >= 15 is 0 Å². The molecule has 3 aromatic rings. The van der Waals surface area contributed by atoms with E-state index in [1.165, 1.54) is 4.31 Å². The average Bonchev–Trinajstić information content (AvgIpc) is 3.42. The van der Waals surface area contributed by atoms with Crippen molar-refractivity contribution in [2.75, 3.05) is 33.3 Å². The van der Waals surface area contributed by atoms with Crippen LogP contribution in [-0.4, -0.2) is 61.9 Å². The largest absolute Gasteiger partial charge is 0.497 e. The van der Waals surface area contributed by atoms with E-state index in [-0.39, 0.29) is 10.9 Å². The van der Waals surface area contributed by atoms with E-state index in [1.807, 2.05) is 30.3 Å². The molecule has 8 nitrogen and oxygen atoms in total. The quantitative estimate of drug-likeness (QED) is 0.587. The summed E-state index contributed by atoms with van der Waals surface area (Å²) in [7, 11) is -2.06. The SMILES string of the molecule is COc1cccc(CNC(=O)N2CC3=C(C2)CN(S(=O)(=O)c2cccc4cnccc24)C3)c1. The Balaban J connectivity index is 1.23. The van der Waals surface area contributed by atoms with Crippen LogP contribution >= 0.6 is 0 Å². The van der Waals surface area contributed by atoms with Crippen LogP contribution in [0.2, 0.25) is 0 Å². The van der Waals surface area contributed by atoms with E-state index in [1.54, 1.807) is 42.6 Å². The van der Waals surface area contributed by atoms with Gasteiger partial charge in [-0.1, -0.05) is 24.3 Å². The fourth-order valence-corrected chi connectivity index (χ4v) is 6.03. The van der Waals surface area contributed by atoms with Crippen LogP contribution in [0.1, 0.15) is 5.56 Å². The van der Waals surface area contributed by atoms with Crippen molar-refractivity contribution < 1.29 is 17.9 Å². The summed E-state index contributed by atoms with van der Waals surface area (Å²) in [6, 6.07) is 14.3. The van der Waals surface area contributed by atoms with Gasteiger partial charge in [0.25, 0.3) is 0 Å². The molecule has 0 bridgehead atoms. The lowest BCUT2D eigenvalue weighted by molar-refractivity contribution is 0.208. The summed E-state index contributed by atoms with van der Waals surface area (Å²) >= 11 is 0. The summed E-state index contributed by atoms with van der Waals surface area (Å²) in [5.74, 6) is 0.743. The molecule has 0 atom stereocenters. The minimum Gasteiger partial charge on any atom is -0.497 e. The summed E-state index contributed by atoms with van der Waals surface area (Å²) < 4.78 is 33.5. The van der Waals surface area contributed by atoms with Crippen molar-refractivity contribution in [2.24, 2.45) is 0 Å². The van der Waals surface area contributed by atoms with Gasteiger partial charge in [-0.2, -0.15) is 4.31 Å². The number of sulfonamides is 1. The molecule has 2 aromatic carbocycles. The minimum absolute atomic E-state index is 0.164. The molecule has 0 unspecified atom stereocenters. The molecule has 3 heterocycles. The molecule has 2 amide bonds. The van der Waals surface area contributed by atoms with Crippen LogP contribution in [-0.2, 0) is 16.6 Å². The summed E-state index contributed by atoms with van der Waals surface area (Å²) in [6.07, 6.45) is 3.27. The van der Waals surface area contributed by atoms with Crippen LogP contribution in [0.5, 0.6) is 5.75 Å². The fraction of sp³-hybridized carbons (Fsp3) is 0.250. The van der Waals surface area contributed by atoms with E-state index in [9.17, 15) is 13.2 Å². The highest BCUT2D eigenvalue weighted by molar-refractivity contribution is 7.89. The Morgan fingerprint density at radius 2 is 1.82 bits per heavy atom. The number of hydrogen-bond acceptors (Lipinski definition) is 5. The van der Waals surface area contributed by atoms with Crippen LogP contribution in [0.4, 0.5) is 4.79 Å². The predicted octanol–water partition coefficient (Wildman–Crippen LogP) is 2.77. The molecule has 33 heavy (non-hydrogen) atoms. The summed E-state index contributed by atoms with van der Waals surface area (Å²) in [4.78, 5) is 18.8. The molecule has 1 aromatic heterocycles. The molecule has 170 valence electrons. The van der Waals surface area contributed by atoms with E-state index in [2.05, 4.69) is 10.3 Å². The highest BCUT2D eigenvalue weighted by Crippen LogP contribution is 2.32. The Kier molecular flexibility index (Phi) is 5.51. The van der Waals surface area contributed by atoms with Crippen LogP contribution in [0.25, 0.3) is 10.8 Å². The normalized spacial score (nSPS) is 16.3. The molecule has 5 rings (SSSR count). The molecule has 2 aliphatic heterocycles. The lowest BCUT2D eigenvalue weighted by atomic mass is 10.2. The molecule has 1 N–H and O–H groups in total. The molecule has 2 aliphatic rings. The van der Waals surface area contributed by atoms with Gasteiger partial charge in [0.05, 0.1) is 12.0 Å². The van der Waals surface area contributed by atoms with Gasteiger partial charge >= 0.3 is 6.03 Å². The van der Waals surface area contributed by atoms with Gasteiger partial charge in [-0.05, 0) is 41.0 Å². The van der Waals surface area contributed by atoms with Gasteiger partial charge in [0, 0.05) is 55.9 Å². The van der Waals surface area contributed by atoms with Crippen molar-refractivity contribution in [3.8, 4) is 5.75 Å². The number of nitrogens with zero attached hydrogens (tertiary/aromatic N) is 3. The van der Waals surface area contributed by atoms with Crippen molar-refractivity contribution in [3.63, 3.8) is 0 Å². The zero-order valence-electron chi connectivity index (χ0n) is 18.2. The number of nitrogens with one attached hydrogen (secondary N) is 1. The number of carbonyl (C=O) groups is 1. The molecule has 0 spiro atoms. The topological polar surface area (TPSA) is 91.8 Å². The molecule has 0 fully saturated rings. The van der Waals surface area contributed by atoms with Gasteiger partial charge < -0.3 is 15.0 Å². The maximum Gasteiger partial charge on any atom is 0.318 e. The molecule has 0 aliphatic carbocycles. The highest BCUT2D eigenvalue weighted by atomic mass is 32.2. The molecule has 0 saturated heterocycles. The van der Waals surface area contributed by atoms with Crippen LogP contribution in [0, 0.1) is 0 Å². The van der Waals surface area contributed by atoms with E-state index < -0.39 is 10.0 Å². The number of methoxy groups -OCH3 is 1. The first kappa shape index (κ1) is 21.4. The van der Waals surface area contributed by atoms with Crippen molar-refractivity contribution in [3.05, 3.63) is 77.6 Å². The second-order valence-corrected chi connectivity index (χ2v) is 10.1. The number of benzene rings is 2. The number of hydrogen-bond donors (Lipinski definition) is 1. The maximum atomic E-state index is 13.4. The number of aromatic nitrogens is 1.